The van der Waals surface area contributed by atoms with E-state index >= 15 is 0 Å². The summed E-state index contributed by atoms with van der Waals surface area (Å²) in [6.07, 6.45) is 6.60. The van der Waals surface area contributed by atoms with Gasteiger partial charge in [-0.1, -0.05) is 65.8 Å². The van der Waals surface area contributed by atoms with Crippen LogP contribution in [0.3, 0.4) is 0 Å². The quantitative estimate of drug-likeness (QED) is 0.151. The number of imidazole rings is 2. The summed E-state index contributed by atoms with van der Waals surface area (Å²) in [4.78, 5) is 54.9. The van der Waals surface area contributed by atoms with Gasteiger partial charge in [-0.3, -0.25) is 9.59 Å². The van der Waals surface area contributed by atoms with Crippen molar-refractivity contribution in [1.29, 1.82) is 0 Å². The van der Waals surface area contributed by atoms with Gasteiger partial charge in [-0.05, 0) is 87.1 Å². The second-order valence-corrected chi connectivity index (χ2v) is 16.2. The van der Waals surface area contributed by atoms with Gasteiger partial charge in [0.15, 0.2) is 0 Å². The van der Waals surface area contributed by atoms with Crippen molar-refractivity contribution in [2.24, 2.45) is 0 Å². The number of rotatable bonds is 8. The van der Waals surface area contributed by atoms with Crippen molar-refractivity contribution in [2.45, 2.75) is 69.6 Å². The van der Waals surface area contributed by atoms with Gasteiger partial charge in [0.25, 0.3) is 11.8 Å². The molecular formula is C47H46N10O4. The number of nitrogens with one attached hydrogen (secondary N) is 2. The summed E-state index contributed by atoms with van der Waals surface area (Å²) in [5.74, 6) is 5.82. The zero-order valence-corrected chi connectivity index (χ0v) is 34.0. The van der Waals surface area contributed by atoms with E-state index in [9.17, 15) is 9.59 Å². The molecule has 2 saturated heterocycles. The van der Waals surface area contributed by atoms with Crippen LogP contribution in [0.25, 0.3) is 44.8 Å². The maximum atomic E-state index is 13.0. The van der Waals surface area contributed by atoms with Crippen LogP contribution < -0.4 is 0 Å². The van der Waals surface area contributed by atoms with Crippen LogP contribution in [0.1, 0.15) is 107 Å². The van der Waals surface area contributed by atoms with E-state index in [1.54, 1.807) is 0 Å². The average Bonchev–Trinajstić information content (AvgIpc) is 3.71. The lowest BCUT2D eigenvalue weighted by Crippen LogP contribution is -2.38. The van der Waals surface area contributed by atoms with E-state index in [0.717, 1.165) is 115 Å². The molecule has 11 rings (SSSR count). The van der Waals surface area contributed by atoms with Gasteiger partial charge >= 0.3 is 0 Å². The molecule has 8 aromatic rings. The predicted octanol–water partition coefficient (Wildman–Crippen LogP) is 8.71. The number of hydrogen-bond donors (Lipinski definition) is 2. The molecule has 0 unspecified atom stereocenters. The number of aromatic nitrogens is 8. The van der Waals surface area contributed by atoms with E-state index in [-0.39, 0.29) is 11.8 Å². The number of fused-ring (bicyclic) bond motifs is 2. The molecule has 2 aliphatic heterocycles. The summed E-state index contributed by atoms with van der Waals surface area (Å²) in [6, 6.07) is 31.1. The lowest BCUT2D eigenvalue weighted by molar-refractivity contribution is 0.0704. The Hall–Kier alpha value is -6.96. The molecular weight excluding hydrogens is 769 g/mol. The Morgan fingerprint density at radius 3 is 1.46 bits per heavy atom. The number of para-hydroxylation sites is 4. The van der Waals surface area contributed by atoms with E-state index in [1.165, 1.54) is 0 Å². The van der Waals surface area contributed by atoms with E-state index in [1.807, 2.05) is 108 Å². The minimum Gasteiger partial charge on any atom is -0.342 e. The van der Waals surface area contributed by atoms with Crippen molar-refractivity contribution in [2.75, 3.05) is 26.2 Å². The molecule has 14 heteroatoms. The van der Waals surface area contributed by atoms with Crippen molar-refractivity contribution in [3.8, 4) is 22.8 Å². The maximum absolute atomic E-state index is 13.0. The van der Waals surface area contributed by atoms with Crippen LogP contribution in [0.15, 0.2) is 106 Å². The predicted molar refractivity (Wildman–Crippen MR) is 229 cm³/mol. The fraction of sp³-hybridized carbons (Fsp3) is 0.319. The first-order chi connectivity index (χ1) is 30.0. The lowest BCUT2D eigenvalue weighted by atomic mass is 9.95. The number of likely N-dealkylation sites (tertiary alicyclic amines) is 2. The third-order valence-corrected chi connectivity index (χ3v) is 12.1. The van der Waals surface area contributed by atoms with Crippen LogP contribution in [-0.2, 0) is 6.42 Å². The van der Waals surface area contributed by atoms with E-state index in [0.29, 0.717) is 52.8 Å². The van der Waals surface area contributed by atoms with Gasteiger partial charge in [0.1, 0.15) is 11.6 Å². The Kier molecular flexibility index (Phi) is 10.4. The molecule has 2 N–H and O–H groups in total. The number of piperidine rings is 2. The van der Waals surface area contributed by atoms with Crippen LogP contribution in [0, 0.1) is 0 Å². The highest BCUT2D eigenvalue weighted by Crippen LogP contribution is 2.39. The second kappa shape index (κ2) is 16.6. The fourth-order valence-electron chi connectivity index (χ4n) is 8.30. The normalized spacial score (nSPS) is 16.2. The lowest BCUT2D eigenvalue weighted by Gasteiger charge is -2.31. The van der Waals surface area contributed by atoms with Crippen LogP contribution >= 0.6 is 0 Å². The van der Waals surface area contributed by atoms with Crippen molar-refractivity contribution in [3.05, 3.63) is 132 Å². The highest BCUT2D eigenvalue weighted by Gasteiger charge is 2.31. The van der Waals surface area contributed by atoms with Gasteiger partial charge < -0.3 is 28.8 Å². The highest BCUT2D eigenvalue weighted by molar-refractivity contribution is 5.95. The van der Waals surface area contributed by atoms with Crippen molar-refractivity contribution in [1.82, 2.24) is 50.0 Å². The molecule has 3 fully saturated rings. The Morgan fingerprint density at radius 2 is 1.02 bits per heavy atom. The number of benzene rings is 4. The van der Waals surface area contributed by atoms with Crippen LogP contribution in [0.4, 0.5) is 0 Å². The third kappa shape index (κ3) is 8.17. The molecule has 1 saturated carbocycles. The molecule has 4 aromatic carbocycles. The molecule has 14 nitrogen and oxygen atoms in total. The zero-order chi connectivity index (χ0) is 41.3. The minimum atomic E-state index is 0.0620. The number of aryl methyl sites for hydroxylation is 1. The fourth-order valence-corrected chi connectivity index (χ4v) is 8.30. The summed E-state index contributed by atoms with van der Waals surface area (Å²) in [7, 11) is 0. The molecule has 0 radical (unpaired) electrons. The molecule has 0 spiro atoms. The molecule has 3 aliphatic rings. The first-order valence-corrected chi connectivity index (χ1v) is 21.3. The largest absolute Gasteiger partial charge is 0.342 e. The van der Waals surface area contributed by atoms with Crippen molar-refractivity contribution >= 4 is 33.9 Å². The number of aromatic amines is 2. The Balaban J connectivity index is 0.000000146. The first-order valence-electron chi connectivity index (χ1n) is 21.3. The Labute approximate surface area is 351 Å². The van der Waals surface area contributed by atoms with E-state index in [4.69, 9.17) is 19.0 Å². The minimum absolute atomic E-state index is 0.0620. The van der Waals surface area contributed by atoms with Gasteiger partial charge in [0.05, 0.1) is 22.1 Å². The summed E-state index contributed by atoms with van der Waals surface area (Å²) in [5, 5.41) is 8.06. The number of nitrogens with zero attached hydrogens (tertiary/aromatic N) is 8. The SMILES string of the molecule is CCc1nc(-c2ccc(C(=O)N3CCC(c4nc5ccccc5[nH]4)CC3)cc2)no1.O=C(c1ccc(-c2noc(C3CC3)n2)cc1)N1CCC(c2nc3ccccc3[nH]2)CC1. The standard InChI is InChI=1S/C24H23N5O2.C23H23N5O2/c30-24(18-9-5-15(6-10-18)22-27-23(31-28-22)17-7-8-17)29-13-11-16(12-14-29)21-25-19-3-1-2-4-20(19)26-21;1-2-20-26-22(27-30-20)15-7-9-17(10-8-15)23(29)28-13-11-16(12-14-28)21-24-18-5-3-4-6-19(18)25-21/h1-6,9-10,16-17H,7-8,11-14H2,(H,25,26);3-10,16H,2,11-14H2,1H3,(H,24,25). The Bertz CT molecular complexity index is 2720. The molecule has 2 amide bonds. The van der Waals surface area contributed by atoms with Crippen molar-refractivity contribution < 1.29 is 18.6 Å². The molecule has 0 atom stereocenters. The average molecular weight is 815 g/mol. The smallest absolute Gasteiger partial charge is 0.253 e. The van der Waals surface area contributed by atoms with E-state index < -0.39 is 0 Å². The molecule has 308 valence electrons. The zero-order valence-electron chi connectivity index (χ0n) is 34.0. The van der Waals surface area contributed by atoms with Crippen LogP contribution in [0.2, 0.25) is 0 Å². The number of hydrogen-bond acceptors (Lipinski definition) is 10. The van der Waals surface area contributed by atoms with Gasteiger partial charge in [-0.2, -0.15) is 9.97 Å². The molecule has 0 bridgehead atoms. The topological polar surface area (TPSA) is 176 Å². The van der Waals surface area contributed by atoms with Gasteiger partial charge in [0, 0.05) is 72.6 Å². The number of amides is 2. The molecule has 61 heavy (non-hydrogen) atoms. The van der Waals surface area contributed by atoms with Gasteiger partial charge in [-0.25, -0.2) is 9.97 Å². The highest BCUT2D eigenvalue weighted by atomic mass is 16.5. The van der Waals surface area contributed by atoms with Crippen molar-refractivity contribution in [3.63, 3.8) is 0 Å². The number of carbonyl (C=O) groups is 2. The second-order valence-electron chi connectivity index (χ2n) is 16.2. The first kappa shape index (κ1) is 38.3. The van der Waals surface area contributed by atoms with Gasteiger partial charge in [-0.15, -0.1) is 0 Å². The van der Waals surface area contributed by atoms with Gasteiger partial charge in [0.2, 0.25) is 23.4 Å². The summed E-state index contributed by atoms with van der Waals surface area (Å²) < 4.78 is 10.5. The van der Waals surface area contributed by atoms with E-state index in [2.05, 4.69) is 36.3 Å². The molecule has 6 heterocycles. The number of carbonyl (C=O) groups excluding carboxylic acids is 2. The van der Waals surface area contributed by atoms with Crippen LogP contribution in [-0.4, -0.2) is 88.0 Å². The molecule has 1 aliphatic carbocycles. The van der Waals surface area contributed by atoms with Crippen LogP contribution in [0.5, 0.6) is 0 Å². The third-order valence-electron chi connectivity index (χ3n) is 12.1. The maximum Gasteiger partial charge on any atom is 0.253 e. The Morgan fingerprint density at radius 1 is 0.557 bits per heavy atom. The number of H-pyrrole nitrogens is 2. The summed E-state index contributed by atoms with van der Waals surface area (Å²) in [5.41, 5.74) is 7.23. The summed E-state index contributed by atoms with van der Waals surface area (Å²) in [6.45, 7) is 4.90. The summed E-state index contributed by atoms with van der Waals surface area (Å²) >= 11 is 0. The monoisotopic (exact) mass is 814 g/mol. The molecule has 4 aromatic heterocycles.